The number of ketones is 1. The van der Waals surface area contributed by atoms with Gasteiger partial charge < -0.3 is 5.32 Å². The Bertz CT molecular complexity index is 1010. The molecule has 144 valence electrons. The van der Waals surface area contributed by atoms with E-state index in [1.807, 2.05) is 24.4 Å². The van der Waals surface area contributed by atoms with Crippen LogP contribution in [0.4, 0.5) is 5.69 Å². The third-order valence-electron chi connectivity index (χ3n) is 4.53. The summed E-state index contributed by atoms with van der Waals surface area (Å²) < 4.78 is 2.16. The number of anilines is 1. The fourth-order valence-electron chi connectivity index (χ4n) is 2.94. The van der Waals surface area contributed by atoms with Crippen molar-refractivity contribution in [2.45, 2.75) is 43.1 Å². The molecule has 1 aromatic carbocycles. The third-order valence-corrected chi connectivity index (χ3v) is 6.46. The van der Waals surface area contributed by atoms with Crippen LogP contribution in [0.25, 0.3) is 10.7 Å². The second-order valence-corrected chi connectivity index (χ2v) is 8.99. The summed E-state index contributed by atoms with van der Waals surface area (Å²) in [5, 5.41) is 14.0. The Hall–Kier alpha value is -2.45. The number of carbonyl (C=O) groups is 2. The summed E-state index contributed by atoms with van der Waals surface area (Å²) >= 11 is 3.03. The van der Waals surface area contributed by atoms with Crippen molar-refractivity contribution in [2.24, 2.45) is 0 Å². The lowest BCUT2D eigenvalue weighted by molar-refractivity contribution is -0.115. The largest absolute Gasteiger partial charge is 0.324 e. The van der Waals surface area contributed by atoms with E-state index in [9.17, 15) is 9.59 Å². The Labute approximate surface area is 171 Å². The van der Waals surface area contributed by atoms with Gasteiger partial charge in [0, 0.05) is 11.6 Å². The monoisotopic (exact) mass is 412 g/mol. The van der Waals surface area contributed by atoms with Crippen molar-refractivity contribution in [3.05, 3.63) is 47.3 Å². The Morgan fingerprint density at radius 2 is 2.00 bits per heavy atom. The average molecular weight is 413 g/mol. The van der Waals surface area contributed by atoms with Crippen LogP contribution in [-0.4, -0.2) is 31.7 Å². The van der Waals surface area contributed by atoms with Crippen molar-refractivity contribution < 1.29 is 9.59 Å². The van der Waals surface area contributed by atoms with Crippen molar-refractivity contribution in [1.82, 2.24) is 14.8 Å². The molecule has 8 heteroatoms. The molecule has 0 bridgehead atoms. The van der Waals surface area contributed by atoms with E-state index in [-0.39, 0.29) is 16.9 Å². The number of carbonyl (C=O) groups excluding carboxylic acids is 2. The average Bonchev–Trinajstić information content (AvgIpc) is 3.20. The van der Waals surface area contributed by atoms with Gasteiger partial charge in [0.25, 0.3) is 0 Å². The number of hydrogen-bond donors (Lipinski definition) is 1. The first-order valence-corrected chi connectivity index (χ1v) is 10.9. The zero-order valence-electron chi connectivity index (χ0n) is 15.6. The molecule has 1 N–H and O–H groups in total. The zero-order chi connectivity index (χ0) is 19.7. The van der Waals surface area contributed by atoms with E-state index in [0.717, 1.165) is 28.7 Å². The van der Waals surface area contributed by atoms with Gasteiger partial charge in [-0.05, 0) is 50.3 Å². The van der Waals surface area contributed by atoms with Crippen LogP contribution in [0.1, 0.15) is 43.1 Å². The van der Waals surface area contributed by atoms with Crippen LogP contribution in [0.15, 0.2) is 46.9 Å². The molecule has 2 heterocycles. The first kappa shape index (κ1) is 18.9. The summed E-state index contributed by atoms with van der Waals surface area (Å²) in [5.74, 6) is 0.626. The van der Waals surface area contributed by atoms with E-state index in [1.54, 1.807) is 35.6 Å². The molecular formula is C20H20N4O2S2. The molecule has 3 aromatic rings. The summed E-state index contributed by atoms with van der Waals surface area (Å²) in [6.45, 7) is 3.33. The lowest BCUT2D eigenvalue weighted by Crippen LogP contribution is -2.24. The molecule has 1 atom stereocenters. The van der Waals surface area contributed by atoms with Crippen molar-refractivity contribution in [2.75, 3.05) is 5.32 Å². The Morgan fingerprint density at radius 3 is 2.68 bits per heavy atom. The first-order chi connectivity index (χ1) is 13.5. The Balaban J connectivity index is 1.52. The highest BCUT2D eigenvalue weighted by Gasteiger charge is 2.31. The van der Waals surface area contributed by atoms with Gasteiger partial charge in [-0.25, -0.2) is 0 Å². The molecule has 1 fully saturated rings. The predicted octanol–water partition coefficient (Wildman–Crippen LogP) is 4.66. The molecule has 0 unspecified atom stereocenters. The number of nitrogens with one attached hydrogen (secondary N) is 1. The number of Topliss-reactive ketones (excluding diaryl/α,β-unsaturated/α-hetero) is 1. The highest BCUT2D eigenvalue weighted by Crippen LogP contribution is 2.42. The Morgan fingerprint density at radius 1 is 1.21 bits per heavy atom. The van der Waals surface area contributed by atoms with E-state index in [0.29, 0.717) is 17.3 Å². The van der Waals surface area contributed by atoms with Gasteiger partial charge in [-0.15, -0.1) is 21.5 Å². The van der Waals surface area contributed by atoms with E-state index >= 15 is 0 Å². The SMILES string of the molecule is CC(=O)c1ccccc1NC(=O)[C@@H](C)Sc1nnc(-c2cccs2)n1C1CC1. The van der Waals surface area contributed by atoms with Gasteiger partial charge in [0.1, 0.15) is 0 Å². The van der Waals surface area contributed by atoms with Crippen LogP contribution in [-0.2, 0) is 4.79 Å². The molecule has 1 saturated carbocycles. The molecule has 4 rings (SSSR count). The molecule has 6 nitrogen and oxygen atoms in total. The van der Waals surface area contributed by atoms with Crippen LogP contribution >= 0.6 is 23.1 Å². The van der Waals surface area contributed by atoms with E-state index in [2.05, 4.69) is 20.1 Å². The normalized spacial score (nSPS) is 14.6. The predicted molar refractivity (Wildman–Crippen MR) is 112 cm³/mol. The number of nitrogens with zero attached hydrogens (tertiary/aromatic N) is 3. The van der Waals surface area contributed by atoms with Crippen molar-refractivity contribution in [1.29, 1.82) is 0 Å². The van der Waals surface area contributed by atoms with Gasteiger partial charge in [0.05, 0.1) is 15.8 Å². The maximum atomic E-state index is 12.7. The van der Waals surface area contributed by atoms with Crippen LogP contribution < -0.4 is 5.32 Å². The molecule has 0 spiro atoms. The lowest BCUT2D eigenvalue weighted by Gasteiger charge is -2.14. The van der Waals surface area contributed by atoms with Crippen molar-refractivity contribution in [3.8, 4) is 10.7 Å². The quantitative estimate of drug-likeness (QED) is 0.451. The molecular weight excluding hydrogens is 392 g/mol. The minimum absolute atomic E-state index is 0.0785. The second-order valence-electron chi connectivity index (χ2n) is 6.74. The van der Waals surface area contributed by atoms with Gasteiger partial charge in [-0.2, -0.15) is 0 Å². The van der Waals surface area contributed by atoms with Gasteiger partial charge in [-0.3, -0.25) is 14.2 Å². The molecule has 28 heavy (non-hydrogen) atoms. The molecule has 0 radical (unpaired) electrons. The minimum atomic E-state index is -0.377. The van der Waals surface area contributed by atoms with Gasteiger partial charge in [-0.1, -0.05) is 30.0 Å². The van der Waals surface area contributed by atoms with Crippen LogP contribution in [0.2, 0.25) is 0 Å². The highest BCUT2D eigenvalue weighted by atomic mass is 32.2. The van der Waals surface area contributed by atoms with Crippen LogP contribution in [0.5, 0.6) is 0 Å². The molecule has 1 amide bonds. The third kappa shape index (κ3) is 3.88. The summed E-state index contributed by atoms with van der Waals surface area (Å²) in [5.41, 5.74) is 1.05. The maximum Gasteiger partial charge on any atom is 0.237 e. The minimum Gasteiger partial charge on any atom is -0.324 e. The van der Waals surface area contributed by atoms with Crippen molar-refractivity contribution >= 4 is 40.5 Å². The molecule has 1 aliphatic rings. The van der Waals surface area contributed by atoms with E-state index in [1.165, 1.54) is 18.7 Å². The molecule has 2 aromatic heterocycles. The fourth-order valence-corrected chi connectivity index (χ4v) is 4.56. The Kier molecular flexibility index (Phi) is 5.32. The molecule has 1 aliphatic carbocycles. The van der Waals surface area contributed by atoms with Crippen LogP contribution in [0.3, 0.4) is 0 Å². The summed E-state index contributed by atoms with van der Waals surface area (Å²) in [6, 6.07) is 11.5. The molecule has 0 aliphatic heterocycles. The zero-order valence-corrected chi connectivity index (χ0v) is 17.2. The lowest BCUT2D eigenvalue weighted by atomic mass is 10.1. The first-order valence-electron chi connectivity index (χ1n) is 9.11. The number of aromatic nitrogens is 3. The number of hydrogen-bond acceptors (Lipinski definition) is 6. The van der Waals surface area contributed by atoms with Crippen LogP contribution in [0, 0.1) is 0 Å². The standard InChI is InChI=1S/C20H20N4O2S2/c1-12(25)15-6-3-4-7-16(15)21-19(26)13(2)28-20-23-22-18(17-8-5-11-27-17)24(20)14-9-10-14/h3-8,11,13-14H,9-10H2,1-2H3,(H,21,26)/t13-/m1/s1. The number of thiophene rings is 1. The topological polar surface area (TPSA) is 76.9 Å². The van der Waals surface area contributed by atoms with Crippen molar-refractivity contribution in [3.63, 3.8) is 0 Å². The van der Waals surface area contributed by atoms with E-state index in [4.69, 9.17) is 0 Å². The summed E-state index contributed by atoms with van der Waals surface area (Å²) in [7, 11) is 0. The van der Waals surface area contributed by atoms with Gasteiger partial charge >= 0.3 is 0 Å². The maximum absolute atomic E-state index is 12.7. The number of rotatable bonds is 7. The highest BCUT2D eigenvalue weighted by molar-refractivity contribution is 8.00. The van der Waals surface area contributed by atoms with Gasteiger partial charge in [0.15, 0.2) is 16.8 Å². The number of thioether (sulfide) groups is 1. The number of benzene rings is 1. The number of amides is 1. The van der Waals surface area contributed by atoms with Gasteiger partial charge in [0.2, 0.25) is 5.91 Å². The summed E-state index contributed by atoms with van der Waals surface area (Å²) in [4.78, 5) is 25.6. The van der Waals surface area contributed by atoms with E-state index < -0.39 is 0 Å². The number of para-hydroxylation sites is 1. The molecule has 0 saturated heterocycles. The smallest absolute Gasteiger partial charge is 0.237 e. The fraction of sp³-hybridized carbons (Fsp3) is 0.300. The summed E-state index contributed by atoms with van der Waals surface area (Å²) in [6.07, 6.45) is 2.22. The second kappa shape index (κ2) is 7.89.